The molecule has 4 rings (SSSR count). The van der Waals surface area contributed by atoms with E-state index in [1.807, 2.05) is 39.1 Å². The number of anilines is 2. The van der Waals surface area contributed by atoms with Crippen molar-refractivity contribution in [2.24, 2.45) is 5.92 Å². The van der Waals surface area contributed by atoms with Crippen LogP contribution in [0.3, 0.4) is 0 Å². The van der Waals surface area contributed by atoms with Crippen molar-refractivity contribution in [1.82, 2.24) is 9.80 Å². The summed E-state index contributed by atoms with van der Waals surface area (Å²) in [6.45, 7) is 5.47. The maximum Gasteiger partial charge on any atom is 0.323 e. The van der Waals surface area contributed by atoms with Crippen LogP contribution in [0.25, 0.3) is 0 Å². The van der Waals surface area contributed by atoms with E-state index in [0.29, 0.717) is 35.8 Å². The summed E-state index contributed by atoms with van der Waals surface area (Å²) in [5.74, 6) is -0.267. The maximum atomic E-state index is 13.6. The van der Waals surface area contributed by atoms with Gasteiger partial charge in [-0.15, -0.1) is 0 Å². The number of ether oxygens (including phenoxy) is 1. The van der Waals surface area contributed by atoms with Gasteiger partial charge >= 0.3 is 6.03 Å². The number of benzene rings is 3. The van der Waals surface area contributed by atoms with Crippen LogP contribution in [-0.2, 0) is 6.54 Å². The zero-order valence-electron chi connectivity index (χ0n) is 22.4. The van der Waals surface area contributed by atoms with Crippen molar-refractivity contribution < 1.29 is 23.8 Å². The number of rotatable bonds is 8. The molecule has 3 aromatic rings. The molecule has 3 atom stereocenters. The first-order chi connectivity index (χ1) is 18.7. The molecule has 0 unspecified atom stereocenters. The van der Waals surface area contributed by atoms with E-state index in [0.717, 1.165) is 6.54 Å². The van der Waals surface area contributed by atoms with Crippen LogP contribution in [-0.4, -0.2) is 65.7 Å². The molecular weight excluding hydrogens is 499 g/mol. The Morgan fingerprint density at radius 1 is 1.10 bits per heavy atom. The minimum absolute atomic E-state index is 0.00591. The van der Waals surface area contributed by atoms with Gasteiger partial charge in [0.05, 0.1) is 18.2 Å². The van der Waals surface area contributed by atoms with E-state index in [-0.39, 0.29) is 24.5 Å². The van der Waals surface area contributed by atoms with E-state index in [4.69, 9.17) is 4.74 Å². The average Bonchev–Trinajstić information content (AvgIpc) is 2.92. The lowest BCUT2D eigenvalue weighted by molar-refractivity contribution is 0.0341. The predicted molar refractivity (Wildman–Crippen MR) is 149 cm³/mol. The molecule has 0 radical (unpaired) electrons. The van der Waals surface area contributed by atoms with E-state index >= 15 is 0 Å². The van der Waals surface area contributed by atoms with Gasteiger partial charge in [0.25, 0.3) is 5.91 Å². The predicted octanol–water partition coefficient (Wildman–Crippen LogP) is 4.82. The number of carbonyl (C=O) groups is 2. The molecule has 206 valence electrons. The fourth-order valence-corrected chi connectivity index (χ4v) is 4.61. The molecule has 0 bridgehead atoms. The number of amides is 3. The third kappa shape index (κ3) is 7.34. The molecule has 1 heterocycles. The lowest BCUT2D eigenvalue weighted by Crippen LogP contribution is -2.49. The number of likely N-dealkylation sites (N-methyl/N-ethyl adjacent to an activating group) is 1. The van der Waals surface area contributed by atoms with Crippen molar-refractivity contribution in [1.29, 1.82) is 0 Å². The van der Waals surface area contributed by atoms with E-state index in [1.165, 1.54) is 29.8 Å². The van der Waals surface area contributed by atoms with Crippen molar-refractivity contribution in [3.05, 3.63) is 89.7 Å². The zero-order chi connectivity index (χ0) is 27.9. The average molecular weight is 535 g/mol. The Kier molecular flexibility index (Phi) is 9.16. The van der Waals surface area contributed by atoms with Crippen molar-refractivity contribution in [3.63, 3.8) is 0 Å². The largest absolute Gasteiger partial charge is 0.488 e. The first-order valence-electron chi connectivity index (χ1n) is 13.0. The highest BCUT2D eigenvalue weighted by molar-refractivity contribution is 6.02. The summed E-state index contributed by atoms with van der Waals surface area (Å²) < 4.78 is 19.6. The highest BCUT2D eigenvalue weighted by Gasteiger charge is 2.33. The third-order valence-electron chi connectivity index (χ3n) is 6.81. The van der Waals surface area contributed by atoms with Gasteiger partial charge in [-0.3, -0.25) is 9.69 Å². The van der Waals surface area contributed by atoms with Gasteiger partial charge in [-0.25, -0.2) is 9.18 Å². The molecule has 39 heavy (non-hydrogen) atoms. The van der Waals surface area contributed by atoms with Gasteiger partial charge in [0.2, 0.25) is 0 Å². The van der Waals surface area contributed by atoms with Gasteiger partial charge in [-0.2, -0.15) is 0 Å². The standard InChI is InChI=1S/C30H35FN4O4/c1-20-16-35(21(2)19-36)29(37)26-15-25(33-30(38)32-24-11-9-23(31)10-12-24)13-14-27(26)39-28(20)18-34(3)17-22-7-5-4-6-8-22/h4-15,20-21,28,36H,16-19H2,1-3H3,(H2,32,33,38)/t20-,21-,28+/m1/s1. The number of hydrogen-bond acceptors (Lipinski definition) is 5. The normalized spacial score (nSPS) is 18.0. The molecule has 3 aromatic carbocycles. The Hall–Kier alpha value is -3.95. The van der Waals surface area contributed by atoms with Gasteiger partial charge in [0.1, 0.15) is 17.7 Å². The van der Waals surface area contributed by atoms with E-state index < -0.39 is 17.9 Å². The third-order valence-corrected chi connectivity index (χ3v) is 6.81. The molecule has 3 N–H and O–H groups in total. The Balaban J connectivity index is 1.55. The number of aliphatic hydroxyl groups is 1. The van der Waals surface area contributed by atoms with Crippen molar-refractivity contribution in [3.8, 4) is 5.75 Å². The molecule has 0 saturated carbocycles. The molecule has 0 aliphatic carbocycles. The molecular formula is C30H35FN4O4. The summed E-state index contributed by atoms with van der Waals surface area (Å²) in [5.41, 5.74) is 2.32. The summed E-state index contributed by atoms with van der Waals surface area (Å²) >= 11 is 0. The Morgan fingerprint density at radius 3 is 2.46 bits per heavy atom. The number of aliphatic hydroxyl groups excluding tert-OH is 1. The Morgan fingerprint density at radius 2 is 1.77 bits per heavy atom. The molecule has 0 aromatic heterocycles. The van der Waals surface area contributed by atoms with Crippen LogP contribution >= 0.6 is 0 Å². The smallest absolute Gasteiger partial charge is 0.323 e. The second-order valence-electron chi connectivity index (χ2n) is 10.1. The minimum atomic E-state index is -0.532. The number of halogens is 1. The topological polar surface area (TPSA) is 94.1 Å². The Labute approximate surface area is 228 Å². The van der Waals surface area contributed by atoms with Crippen LogP contribution < -0.4 is 15.4 Å². The van der Waals surface area contributed by atoms with Crippen molar-refractivity contribution in [2.45, 2.75) is 32.5 Å². The number of nitrogens with one attached hydrogen (secondary N) is 2. The molecule has 0 fully saturated rings. The maximum absolute atomic E-state index is 13.6. The molecule has 1 aliphatic heterocycles. The molecule has 3 amide bonds. The van der Waals surface area contributed by atoms with Crippen LogP contribution in [0.1, 0.15) is 29.8 Å². The first-order valence-corrected chi connectivity index (χ1v) is 13.0. The zero-order valence-corrected chi connectivity index (χ0v) is 22.4. The number of carbonyl (C=O) groups excluding carboxylic acids is 2. The summed E-state index contributed by atoms with van der Waals surface area (Å²) in [4.78, 5) is 30.0. The van der Waals surface area contributed by atoms with E-state index in [1.54, 1.807) is 23.1 Å². The van der Waals surface area contributed by atoms with Crippen LogP contribution in [0, 0.1) is 11.7 Å². The quantitative estimate of drug-likeness (QED) is 0.385. The molecule has 9 heteroatoms. The molecule has 0 spiro atoms. The van der Waals surface area contributed by atoms with Crippen LogP contribution in [0.2, 0.25) is 0 Å². The van der Waals surface area contributed by atoms with Gasteiger partial charge in [0, 0.05) is 36.9 Å². The van der Waals surface area contributed by atoms with E-state index in [2.05, 4.69) is 27.7 Å². The van der Waals surface area contributed by atoms with Crippen LogP contribution in [0.4, 0.5) is 20.6 Å². The monoisotopic (exact) mass is 534 g/mol. The second-order valence-corrected chi connectivity index (χ2v) is 10.1. The van der Waals surface area contributed by atoms with Gasteiger partial charge in [-0.05, 0) is 62.0 Å². The summed E-state index contributed by atoms with van der Waals surface area (Å²) in [6.07, 6.45) is -0.223. The lowest BCUT2D eigenvalue weighted by atomic mass is 9.99. The second kappa shape index (κ2) is 12.7. The van der Waals surface area contributed by atoms with Gasteiger partial charge in [0.15, 0.2) is 0 Å². The SMILES string of the molecule is C[C@@H]1CN([C@H](C)CO)C(=O)c2cc(NC(=O)Nc3ccc(F)cc3)ccc2O[C@H]1CN(C)Cc1ccccc1. The Bertz CT molecular complexity index is 1270. The van der Waals surface area contributed by atoms with Crippen molar-refractivity contribution in [2.75, 3.05) is 37.4 Å². The number of fused-ring (bicyclic) bond motifs is 1. The lowest BCUT2D eigenvalue weighted by Gasteiger charge is -2.38. The highest BCUT2D eigenvalue weighted by Crippen LogP contribution is 2.31. The van der Waals surface area contributed by atoms with Gasteiger partial charge in [-0.1, -0.05) is 37.3 Å². The fraction of sp³-hybridized carbons (Fsp3) is 0.333. The number of hydrogen-bond donors (Lipinski definition) is 3. The summed E-state index contributed by atoms with van der Waals surface area (Å²) in [6, 6.07) is 19.6. The van der Waals surface area contributed by atoms with Crippen LogP contribution in [0.15, 0.2) is 72.8 Å². The fourth-order valence-electron chi connectivity index (χ4n) is 4.61. The molecule has 1 aliphatic rings. The molecule has 8 nitrogen and oxygen atoms in total. The van der Waals surface area contributed by atoms with Crippen LogP contribution in [0.5, 0.6) is 5.75 Å². The number of nitrogens with zero attached hydrogens (tertiary/aromatic N) is 2. The van der Waals surface area contributed by atoms with Crippen molar-refractivity contribution >= 4 is 23.3 Å². The summed E-state index contributed by atoms with van der Waals surface area (Å²) in [7, 11) is 2.04. The van der Waals surface area contributed by atoms with E-state index in [9.17, 15) is 19.1 Å². The number of urea groups is 1. The van der Waals surface area contributed by atoms with Gasteiger partial charge < -0.3 is 25.4 Å². The first kappa shape index (κ1) is 28.1. The molecule has 0 saturated heterocycles. The summed E-state index contributed by atoms with van der Waals surface area (Å²) in [5, 5.41) is 15.2. The highest BCUT2D eigenvalue weighted by atomic mass is 19.1. The minimum Gasteiger partial charge on any atom is -0.488 e.